The van der Waals surface area contributed by atoms with Crippen molar-refractivity contribution in [1.29, 1.82) is 0 Å². The molecule has 0 spiro atoms. The molecule has 0 N–H and O–H groups in total. The van der Waals surface area contributed by atoms with E-state index in [9.17, 15) is 30.8 Å². The summed E-state index contributed by atoms with van der Waals surface area (Å²) in [7, 11) is -3.64. The van der Waals surface area contributed by atoms with Gasteiger partial charge in [0.2, 0.25) is 5.91 Å². The number of carbonyl (C=O) groups is 1. The monoisotopic (exact) mass is 584 g/mol. The maximum absolute atomic E-state index is 15.3. The molecule has 2 heterocycles. The molecule has 0 radical (unpaired) electrons. The highest BCUT2D eigenvalue weighted by molar-refractivity contribution is 7.92. The second kappa shape index (κ2) is 9.09. The van der Waals surface area contributed by atoms with Gasteiger partial charge in [-0.15, -0.1) is 0 Å². The van der Waals surface area contributed by atoms with Crippen molar-refractivity contribution in [1.82, 2.24) is 4.90 Å². The summed E-state index contributed by atoms with van der Waals surface area (Å²) >= 11 is 11.4. The van der Waals surface area contributed by atoms with Crippen LogP contribution in [0.5, 0.6) is 0 Å². The van der Waals surface area contributed by atoms with Gasteiger partial charge in [-0.25, -0.2) is 17.2 Å². The molecule has 6 nitrogen and oxygen atoms in total. The predicted molar refractivity (Wildman–Crippen MR) is 127 cm³/mol. The number of rotatable bonds is 5. The molecule has 2 aromatic carbocycles. The van der Waals surface area contributed by atoms with E-state index < -0.39 is 66.3 Å². The van der Waals surface area contributed by atoms with E-state index in [4.69, 9.17) is 28.0 Å². The number of nitrogens with zero attached hydrogens (tertiary/aromatic N) is 2. The van der Waals surface area contributed by atoms with Crippen LogP contribution in [0.3, 0.4) is 0 Å². The van der Waals surface area contributed by atoms with E-state index in [1.54, 1.807) is 0 Å². The molecule has 0 aromatic heterocycles. The number of oxime groups is 1. The zero-order chi connectivity index (χ0) is 27.6. The Morgan fingerprint density at radius 2 is 1.65 bits per heavy atom. The molecule has 0 bridgehead atoms. The zero-order valence-corrected chi connectivity index (χ0v) is 21.6. The van der Waals surface area contributed by atoms with Crippen LogP contribution >= 0.6 is 23.2 Å². The van der Waals surface area contributed by atoms with Crippen molar-refractivity contribution in [2.45, 2.75) is 36.0 Å². The average Bonchev–Trinajstić information content (AvgIpc) is 3.26. The van der Waals surface area contributed by atoms with Gasteiger partial charge in [-0.05, 0) is 30.2 Å². The van der Waals surface area contributed by atoms with Gasteiger partial charge in [-0.3, -0.25) is 4.79 Å². The van der Waals surface area contributed by atoms with Gasteiger partial charge >= 0.3 is 6.18 Å². The van der Waals surface area contributed by atoms with E-state index in [0.29, 0.717) is 0 Å². The van der Waals surface area contributed by atoms with E-state index >= 15 is 4.39 Å². The average molecular weight is 585 g/mol. The lowest BCUT2D eigenvalue weighted by molar-refractivity contribution is -0.275. The van der Waals surface area contributed by atoms with Crippen LogP contribution in [0.4, 0.5) is 22.0 Å². The fraction of sp³-hybridized carbons (Fsp3) is 0.391. The summed E-state index contributed by atoms with van der Waals surface area (Å²) in [6.45, 7) is 0.501. The first kappa shape index (κ1) is 27.6. The highest BCUT2D eigenvalue weighted by Gasteiger charge is 2.62. The smallest absolute Gasteiger partial charge is 0.374 e. The van der Waals surface area contributed by atoms with Crippen molar-refractivity contribution in [3.05, 3.63) is 69.0 Å². The Bertz CT molecular complexity index is 1370. The lowest BCUT2D eigenvalue weighted by Gasteiger charge is -2.45. The normalized spacial score (nSPS) is 22.2. The second-order valence-electron chi connectivity index (χ2n) is 9.09. The van der Waals surface area contributed by atoms with Crippen molar-refractivity contribution < 1.29 is 40.0 Å². The highest BCUT2D eigenvalue weighted by Crippen LogP contribution is 2.50. The van der Waals surface area contributed by atoms with Crippen molar-refractivity contribution in [3.8, 4) is 0 Å². The van der Waals surface area contributed by atoms with Crippen molar-refractivity contribution in [2.24, 2.45) is 5.16 Å². The highest BCUT2D eigenvalue weighted by atomic mass is 35.5. The molecule has 1 fully saturated rings. The van der Waals surface area contributed by atoms with Gasteiger partial charge in [0, 0.05) is 18.2 Å². The number of benzene rings is 2. The number of likely N-dealkylation sites (tertiary alicyclic amines) is 1. The van der Waals surface area contributed by atoms with Crippen LogP contribution in [0, 0.1) is 5.82 Å². The Morgan fingerprint density at radius 3 is 2.14 bits per heavy atom. The quantitative estimate of drug-likeness (QED) is 0.359. The van der Waals surface area contributed by atoms with E-state index in [1.807, 2.05) is 0 Å². The first-order valence-corrected chi connectivity index (χ1v) is 13.4. The summed E-state index contributed by atoms with van der Waals surface area (Å²) in [6, 6.07) is 6.97. The van der Waals surface area contributed by atoms with Crippen LogP contribution in [0.25, 0.3) is 0 Å². The first-order valence-electron chi connectivity index (χ1n) is 10.7. The van der Waals surface area contributed by atoms with Gasteiger partial charge in [0.25, 0.3) is 5.60 Å². The molecule has 2 aromatic rings. The third-order valence-corrected chi connectivity index (χ3v) is 8.59. The molecule has 2 aliphatic rings. The largest absolute Gasteiger partial charge is 0.435 e. The first-order chi connectivity index (χ1) is 17.0. The number of sulfone groups is 1. The molecular formula is C23H19Cl2F5N2O4S. The number of alkyl halides is 4. The summed E-state index contributed by atoms with van der Waals surface area (Å²) in [5.41, 5.74) is -5.16. The molecule has 0 saturated carbocycles. The summed E-state index contributed by atoms with van der Waals surface area (Å²) < 4.78 is 94.8. The fourth-order valence-corrected chi connectivity index (χ4v) is 5.15. The minimum atomic E-state index is -4.98. The number of halogens is 7. The minimum absolute atomic E-state index is 0.0965. The number of hydrogen-bond acceptors (Lipinski definition) is 5. The van der Waals surface area contributed by atoms with Crippen LogP contribution in [0.1, 0.15) is 30.0 Å². The molecule has 37 heavy (non-hydrogen) atoms. The van der Waals surface area contributed by atoms with Crippen molar-refractivity contribution in [3.63, 3.8) is 0 Å². The number of carbonyl (C=O) groups excluding carboxylic acids is 1. The number of hydrogen-bond donors (Lipinski definition) is 0. The molecule has 2 aliphatic heterocycles. The van der Waals surface area contributed by atoms with Gasteiger partial charge in [0.15, 0.2) is 21.3 Å². The van der Waals surface area contributed by atoms with Gasteiger partial charge in [-0.2, -0.15) is 13.2 Å². The van der Waals surface area contributed by atoms with Crippen molar-refractivity contribution >= 4 is 44.7 Å². The van der Waals surface area contributed by atoms with Gasteiger partial charge < -0.3 is 9.74 Å². The molecular weight excluding hydrogens is 566 g/mol. The lowest BCUT2D eigenvalue weighted by atomic mass is 9.84. The molecule has 200 valence electrons. The van der Waals surface area contributed by atoms with Crippen LogP contribution in [-0.2, 0) is 30.7 Å². The fourth-order valence-electron chi connectivity index (χ4n) is 4.15. The zero-order valence-electron chi connectivity index (χ0n) is 19.2. The summed E-state index contributed by atoms with van der Waals surface area (Å²) in [5, 5.41) is 1.07. The third kappa shape index (κ3) is 4.79. The standard InChI is InChI=1S/C23H19Cl2F5N2O4S/c1-12(37(2,34)35)20(33)32-10-21(27,11-32)14-5-3-13(4-6-14)18-9-22(36-31-18,23(28,29)30)15-7-16(24)19(26)17(25)8-15/h3-8,12H,9-11H2,1-2H3. The Kier molecular flexibility index (Phi) is 6.78. The van der Waals surface area contributed by atoms with E-state index in [1.165, 1.54) is 31.2 Å². The van der Waals surface area contributed by atoms with E-state index in [-0.39, 0.29) is 29.9 Å². The topological polar surface area (TPSA) is 76.0 Å². The van der Waals surface area contributed by atoms with Crippen LogP contribution in [0.15, 0.2) is 41.6 Å². The molecule has 4 rings (SSSR count). The van der Waals surface area contributed by atoms with Crippen LogP contribution < -0.4 is 0 Å². The number of amides is 1. The molecule has 14 heteroatoms. The molecule has 1 amide bonds. The Balaban J connectivity index is 1.53. The SMILES string of the molecule is CC(C(=O)N1CC(F)(c2ccc(C3=NOC(c4cc(Cl)c(F)c(Cl)c4)(C(F)(F)F)C3)cc2)C1)S(C)(=O)=O. The maximum Gasteiger partial charge on any atom is 0.435 e. The molecule has 2 atom stereocenters. The minimum Gasteiger partial charge on any atom is -0.374 e. The van der Waals surface area contributed by atoms with Gasteiger partial charge in [0.1, 0.15) is 5.25 Å². The molecule has 1 saturated heterocycles. The van der Waals surface area contributed by atoms with Gasteiger partial charge in [0.05, 0.1) is 28.8 Å². The Morgan fingerprint density at radius 1 is 1.11 bits per heavy atom. The van der Waals surface area contributed by atoms with Crippen LogP contribution in [-0.4, -0.2) is 55.7 Å². The summed E-state index contributed by atoms with van der Waals surface area (Å²) in [6.07, 6.45) is -4.84. The lowest BCUT2D eigenvalue weighted by Crippen LogP contribution is -2.61. The Labute approximate surface area is 218 Å². The van der Waals surface area contributed by atoms with E-state index in [0.717, 1.165) is 23.3 Å². The summed E-state index contributed by atoms with van der Waals surface area (Å²) in [5.74, 6) is -1.78. The molecule has 2 unspecified atom stereocenters. The molecule has 0 aliphatic carbocycles. The van der Waals surface area contributed by atoms with E-state index in [2.05, 4.69) is 5.16 Å². The Hall–Kier alpha value is -2.44. The van der Waals surface area contributed by atoms with Crippen molar-refractivity contribution in [2.75, 3.05) is 19.3 Å². The summed E-state index contributed by atoms with van der Waals surface area (Å²) in [4.78, 5) is 18.2. The third-order valence-electron chi connectivity index (χ3n) is 6.56. The maximum atomic E-state index is 15.3. The predicted octanol–water partition coefficient (Wildman–Crippen LogP) is 5.15. The van der Waals surface area contributed by atoms with Gasteiger partial charge in [-0.1, -0.05) is 52.6 Å². The van der Waals surface area contributed by atoms with Crippen LogP contribution in [0.2, 0.25) is 10.0 Å². The second-order valence-corrected chi connectivity index (χ2v) is 12.3.